The standard InChI is InChI=1S/C13H17FN2O2S/c14-11-8-10(6-7-12(11)17)16(19)13(18)15-9-4-2-1-3-5-9/h6-9,17,19H,1-5H2,(H,15,18). The van der Waals surface area contributed by atoms with Crippen molar-refractivity contribution in [2.75, 3.05) is 4.31 Å². The van der Waals surface area contributed by atoms with Gasteiger partial charge in [-0.1, -0.05) is 32.1 Å². The zero-order valence-corrected chi connectivity index (χ0v) is 11.4. The van der Waals surface area contributed by atoms with Crippen molar-refractivity contribution in [3.05, 3.63) is 24.0 Å². The second-order valence-electron chi connectivity index (χ2n) is 4.73. The fourth-order valence-corrected chi connectivity index (χ4v) is 2.41. The molecule has 1 aromatic rings. The molecule has 2 amide bonds. The summed E-state index contributed by atoms with van der Waals surface area (Å²) in [6, 6.07) is 3.49. The molecule has 0 unspecified atom stereocenters. The third kappa shape index (κ3) is 3.53. The summed E-state index contributed by atoms with van der Waals surface area (Å²) in [4.78, 5) is 12.0. The van der Waals surface area contributed by atoms with Crippen molar-refractivity contribution in [2.24, 2.45) is 0 Å². The molecule has 1 aliphatic carbocycles. The van der Waals surface area contributed by atoms with Gasteiger partial charge in [-0.2, -0.15) is 0 Å². The lowest BCUT2D eigenvalue weighted by Gasteiger charge is -2.25. The van der Waals surface area contributed by atoms with Crippen LogP contribution in [0.15, 0.2) is 18.2 Å². The number of phenolic OH excluding ortho intramolecular Hbond substituents is 1. The fraction of sp³-hybridized carbons (Fsp3) is 0.462. The maximum Gasteiger partial charge on any atom is 0.332 e. The van der Waals surface area contributed by atoms with Gasteiger partial charge in [-0.3, -0.25) is 0 Å². The van der Waals surface area contributed by atoms with Crippen LogP contribution in [-0.2, 0) is 0 Å². The van der Waals surface area contributed by atoms with Gasteiger partial charge in [0, 0.05) is 12.1 Å². The maximum absolute atomic E-state index is 13.2. The largest absolute Gasteiger partial charge is 0.505 e. The Labute approximate surface area is 117 Å². The topological polar surface area (TPSA) is 52.6 Å². The Morgan fingerprint density at radius 2 is 2.05 bits per heavy atom. The van der Waals surface area contributed by atoms with E-state index in [0.29, 0.717) is 0 Å². The predicted molar refractivity (Wildman–Crippen MR) is 74.9 cm³/mol. The molecule has 104 valence electrons. The van der Waals surface area contributed by atoms with E-state index < -0.39 is 11.6 Å². The van der Waals surface area contributed by atoms with Gasteiger partial charge in [0.1, 0.15) is 0 Å². The SMILES string of the molecule is O=C(NC1CCCCC1)N(S)c1ccc(O)c(F)c1. The van der Waals surface area contributed by atoms with Crippen LogP contribution in [0.4, 0.5) is 14.9 Å². The molecular weight excluding hydrogens is 267 g/mol. The lowest BCUT2D eigenvalue weighted by Crippen LogP contribution is -2.42. The summed E-state index contributed by atoms with van der Waals surface area (Å²) in [5.74, 6) is -1.22. The molecule has 0 bridgehead atoms. The number of urea groups is 1. The van der Waals surface area contributed by atoms with Crippen molar-refractivity contribution < 1.29 is 14.3 Å². The molecule has 1 aromatic carbocycles. The van der Waals surface area contributed by atoms with Crippen LogP contribution in [0.25, 0.3) is 0 Å². The first-order valence-corrected chi connectivity index (χ1v) is 6.76. The summed E-state index contributed by atoms with van der Waals surface area (Å²) in [5.41, 5.74) is 0.284. The lowest BCUT2D eigenvalue weighted by atomic mass is 9.96. The highest BCUT2D eigenvalue weighted by atomic mass is 32.1. The number of benzene rings is 1. The second-order valence-corrected chi connectivity index (χ2v) is 5.13. The van der Waals surface area contributed by atoms with E-state index in [1.54, 1.807) is 0 Å². The number of hydrogen-bond acceptors (Lipinski definition) is 3. The summed E-state index contributed by atoms with van der Waals surface area (Å²) in [7, 11) is 0. The number of aromatic hydroxyl groups is 1. The summed E-state index contributed by atoms with van der Waals surface area (Å²) >= 11 is 4.07. The van der Waals surface area contributed by atoms with Crippen LogP contribution in [0.1, 0.15) is 32.1 Å². The molecule has 0 radical (unpaired) electrons. The van der Waals surface area contributed by atoms with Crippen LogP contribution >= 0.6 is 12.8 Å². The summed E-state index contributed by atoms with van der Waals surface area (Å²) in [5, 5.41) is 12.0. The Morgan fingerprint density at radius 3 is 2.68 bits per heavy atom. The number of nitrogens with one attached hydrogen (secondary N) is 1. The van der Waals surface area contributed by atoms with Crippen molar-refractivity contribution in [3.8, 4) is 5.75 Å². The molecule has 0 aliphatic heterocycles. The van der Waals surface area contributed by atoms with Crippen molar-refractivity contribution in [3.63, 3.8) is 0 Å². The second kappa shape index (κ2) is 6.14. The number of amides is 2. The molecule has 0 aromatic heterocycles. The van der Waals surface area contributed by atoms with E-state index in [4.69, 9.17) is 5.11 Å². The molecule has 1 aliphatic rings. The molecule has 2 N–H and O–H groups in total. The van der Waals surface area contributed by atoms with Crippen LogP contribution in [0.5, 0.6) is 5.75 Å². The monoisotopic (exact) mass is 284 g/mol. The number of anilines is 1. The normalized spacial score (nSPS) is 16.1. The third-order valence-corrected chi connectivity index (χ3v) is 3.71. The Morgan fingerprint density at radius 1 is 1.37 bits per heavy atom. The van der Waals surface area contributed by atoms with Crippen LogP contribution in [0.2, 0.25) is 0 Å². The van der Waals surface area contributed by atoms with E-state index >= 15 is 0 Å². The molecule has 0 heterocycles. The van der Waals surface area contributed by atoms with Crippen LogP contribution < -0.4 is 9.62 Å². The number of carbonyl (C=O) groups excluding carboxylic acids is 1. The first-order chi connectivity index (χ1) is 9.08. The number of nitrogens with zero attached hydrogens (tertiary/aromatic N) is 1. The van der Waals surface area contributed by atoms with Crippen LogP contribution in [0, 0.1) is 5.82 Å². The van der Waals surface area contributed by atoms with Crippen LogP contribution in [0.3, 0.4) is 0 Å². The van der Waals surface area contributed by atoms with Gasteiger partial charge >= 0.3 is 6.03 Å². The predicted octanol–water partition coefficient (Wildman–Crippen LogP) is 3.22. The molecular formula is C13H17FN2O2S. The summed E-state index contributed by atoms with van der Waals surface area (Å²) < 4.78 is 14.3. The van der Waals surface area contributed by atoms with Gasteiger partial charge in [0.2, 0.25) is 0 Å². The molecule has 0 spiro atoms. The van der Waals surface area contributed by atoms with Gasteiger partial charge in [0.15, 0.2) is 11.6 Å². The highest BCUT2D eigenvalue weighted by Gasteiger charge is 2.19. The Balaban J connectivity index is 1.99. The number of thiol groups is 1. The first kappa shape index (κ1) is 14.0. The third-order valence-electron chi connectivity index (χ3n) is 3.30. The first-order valence-electron chi connectivity index (χ1n) is 6.36. The molecule has 6 heteroatoms. The van der Waals surface area contributed by atoms with Gasteiger partial charge < -0.3 is 10.4 Å². The Bertz CT molecular complexity index is 464. The van der Waals surface area contributed by atoms with Gasteiger partial charge in [0.25, 0.3) is 0 Å². The molecule has 0 saturated heterocycles. The molecule has 19 heavy (non-hydrogen) atoms. The number of halogens is 1. The Kier molecular flexibility index (Phi) is 4.52. The summed E-state index contributed by atoms with van der Waals surface area (Å²) in [6.07, 6.45) is 5.38. The summed E-state index contributed by atoms with van der Waals surface area (Å²) in [6.45, 7) is 0. The van der Waals surface area contributed by atoms with E-state index in [-0.39, 0.29) is 17.8 Å². The zero-order chi connectivity index (χ0) is 13.8. The fourth-order valence-electron chi connectivity index (χ4n) is 2.23. The quantitative estimate of drug-likeness (QED) is 0.730. The molecule has 4 nitrogen and oxygen atoms in total. The van der Waals surface area contributed by atoms with E-state index in [9.17, 15) is 9.18 Å². The number of phenols is 1. The molecule has 1 saturated carbocycles. The molecule has 2 rings (SSSR count). The number of hydrogen-bond donors (Lipinski definition) is 3. The van der Waals surface area contributed by atoms with Crippen molar-refractivity contribution in [1.82, 2.24) is 5.32 Å². The van der Waals surface area contributed by atoms with Crippen molar-refractivity contribution >= 4 is 24.5 Å². The van der Waals surface area contributed by atoms with Crippen molar-refractivity contribution in [2.45, 2.75) is 38.1 Å². The van der Waals surface area contributed by atoms with E-state index in [1.807, 2.05) is 0 Å². The van der Waals surface area contributed by atoms with Gasteiger partial charge in [-0.25, -0.2) is 13.5 Å². The highest BCUT2D eigenvalue weighted by molar-refractivity contribution is 7.82. The van der Waals surface area contributed by atoms with Crippen LogP contribution in [-0.4, -0.2) is 17.2 Å². The minimum Gasteiger partial charge on any atom is -0.505 e. The zero-order valence-electron chi connectivity index (χ0n) is 10.5. The minimum absolute atomic E-state index is 0.165. The van der Waals surface area contributed by atoms with E-state index in [0.717, 1.165) is 36.1 Å². The Hall–Kier alpha value is -1.43. The van der Waals surface area contributed by atoms with E-state index in [2.05, 4.69) is 18.1 Å². The number of rotatable bonds is 2. The smallest absolute Gasteiger partial charge is 0.332 e. The average molecular weight is 284 g/mol. The van der Waals surface area contributed by atoms with E-state index in [1.165, 1.54) is 18.6 Å². The van der Waals surface area contributed by atoms with Crippen molar-refractivity contribution in [1.29, 1.82) is 0 Å². The maximum atomic E-state index is 13.2. The highest BCUT2D eigenvalue weighted by Crippen LogP contribution is 2.24. The number of carbonyl (C=O) groups is 1. The van der Waals surface area contributed by atoms with Gasteiger partial charge in [-0.15, -0.1) is 0 Å². The van der Waals surface area contributed by atoms with Gasteiger partial charge in [0.05, 0.1) is 5.69 Å². The average Bonchev–Trinajstić information content (AvgIpc) is 2.42. The molecule has 1 fully saturated rings. The molecule has 0 atom stereocenters. The van der Waals surface area contributed by atoms with Gasteiger partial charge in [-0.05, 0) is 25.0 Å². The lowest BCUT2D eigenvalue weighted by molar-refractivity contribution is 0.242. The minimum atomic E-state index is -0.776.